The number of hydrogen-bond acceptors (Lipinski definition) is 3. The lowest BCUT2D eigenvalue weighted by molar-refractivity contribution is 0.0282. The maximum absolute atomic E-state index is 12.2. The normalized spacial score (nSPS) is 20.3. The van der Waals surface area contributed by atoms with Crippen molar-refractivity contribution in [2.24, 2.45) is 5.92 Å². The van der Waals surface area contributed by atoms with E-state index in [0.29, 0.717) is 12.0 Å². The molecule has 0 fully saturated rings. The van der Waals surface area contributed by atoms with E-state index in [4.69, 9.17) is 0 Å². The fourth-order valence-electron chi connectivity index (χ4n) is 6.37. The molecule has 0 bridgehead atoms. The summed E-state index contributed by atoms with van der Waals surface area (Å²) in [5, 5.41) is 12.2. The zero-order chi connectivity index (χ0) is 31.2. The van der Waals surface area contributed by atoms with Crippen molar-refractivity contribution in [3.05, 3.63) is 53.5 Å². The second-order valence-corrected chi connectivity index (χ2v) is 13.3. The number of aliphatic hydroxyl groups is 1. The molecule has 0 spiro atoms. The summed E-state index contributed by atoms with van der Waals surface area (Å²) in [7, 11) is 2.32. The highest BCUT2D eigenvalue weighted by molar-refractivity contribution is 5.24. The molecule has 3 heteroatoms. The number of unbranched alkanes of at least 4 members (excludes halogenated alkanes) is 12. The van der Waals surface area contributed by atoms with Crippen LogP contribution in [-0.4, -0.2) is 53.2 Å². The summed E-state index contributed by atoms with van der Waals surface area (Å²) in [6.07, 6.45) is 29.4. The second-order valence-electron chi connectivity index (χ2n) is 13.3. The molecule has 0 saturated carbocycles. The number of allylic oxidation sites excluding steroid dienone is 4. The van der Waals surface area contributed by atoms with E-state index in [0.717, 1.165) is 37.9 Å². The first-order valence-corrected chi connectivity index (χ1v) is 17.8. The van der Waals surface area contributed by atoms with Crippen LogP contribution < -0.4 is 0 Å². The van der Waals surface area contributed by atoms with Crippen molar-refractivity contribution in [2.45, 2.75) is 169 Å². The van der Waals surface area contributed by atoms with Crippen LogP contribution in [0.2, 0.25) is 0 Å². The van der Waals surface area contributed by atoms with Crippen molar-refractivity contribution in [2.75, 3.05) is 20.1 Å². The molecule has 242 valence electrons. The van der Waals surface area contributed by atoms with Gasteiger partial charge in [-0.05, 0) is 88.8 Å². The molecule has 0 aromatic carbocycles. The predicted molar refractivity (Wildman–Crippen MR) is 187 cm³/mol. The van der Waals surface area contributed by atoms with Crippen molar-refractivity contribution in [3.8, 4) is 0 Å². The monoisotopic (exact) mass is 583 g/mol. The lowest BCUT2D eigenvalue weighted by Gasteiger charge is -2.45. The maximum atomic E-state index is 12.2. The SMILES string of the molecule is C=CC=C=C/C1=C/N(CCCCCCCCC)[C@H](C(O)/C(C)=C(\C)C(C)C)C(N(C)CCCCCCCCC)CCC1. The number of likely N-dealkylation sites (N-methyl/N-ethyl adjacent to an activating group) is 1. The molecule has 1 aliphatic rings. The molecule has 0 radical (unpaired) electrons. The Morgan fingerprint density at radius 3 is 2.10 bits per heavy atom. The molecule has 0 aromatic rings. The number of rotatable bonds is 22. The van der Waals surface area contributed by atoms with Gasteiger partial charge in [0.2, 0.25) is 0 Å². The minimum Gasteiger partial charge on any atom is -0.387 e. The van der Waals surface area contributed by atoms with E-state index < -0.39 is 6.10 Å². The molecule has 3 nitrogen and oxygen atoms in total. The van der Waals surface area contributed by atoms with Gasteiger partial charge in [0.05, 0.1) is 12.1 Å². The molecular weight excluding hydrogens is 512 g/mol. The third-order valence-corrected chi connectivity index (χ3v) is 9.51. The van der Waals surface area contributed by atoms with Crippen LogP contribution in [0.1, 0.15) is 151 Å². The van der Waals surface area contributed by atoms with Gasteiger partial charge in [0.15, 0.2) is 0 Å². The van der Waals surface area contributed by atoms with Gasteiger partial charge in [-0.3, -0.25) is 0 Å². The van der Waals surface area contributed by atoms with Gasteiger partial charge >= 0.3 is 0 Å². The molecular formula is C39H70N2O. The largest absolute Gasteiger partial charge is 0.387 e. The van der Waals surface area contributed by atoms with E-state index in [1.165, 1.54) is 101 Å². The molecule has 0 amide bonds. The summed E-state index contributed by atoms with van der Waals surface area (Å²) < 4.78 is 0. The molecule has 1 N–H and O–H groups in total. The van der Waals surface area contributed by atoms with Crippen LogP contribution in [0.3, 0.4) is 0 Å². The maximum Gasteiger partial charge on any atom is 0.0968 e. The average molecular weight is 583 g/mol. The lowest BCUT2D eigenvalue weighted by Crippen LogP contribution is -2.56. The second kappa shape index (κ2) is 23.9. The third kappa shape index (κ3) is 15.3. The standard InChI is InChI=1S/C39H70N2O/c1-9-12-15-17-19-21-24-30-40(8)37-29-26-28-36(27-23-14-11-3)32-41(31-25-22-20-18-16-13-10-2)38(37)39(42)35(7)34(6)33(4)5/h11,14,27,32-33,37-39,42H,3,9-10,12-13,15-22,24-26,28-31H2,1-2,4-8H3/b35-34+,36-32-/t23?,37?,38-,39?/m0/s1. The van der Waals surface area contributed by atoms with E-state index >= 15 is 0 Å². The summed E-state index contributed by atoms with van der Waals surface area (Å²) >= 11 is 0. The van der Waals surface area contributed by atoms with Gasteiger partial charge in [0.25, 0.3) is 0 Å². The Morgan fingerprint density at radius 2 is 1.52 bits per heavy atom. The summed E-state index contributed by atoms with van der Waals surface area (Å²) in [6, 6.07) is 0.366. The molecule has 3 atom stereocenters. The third-order valence-electron chi connectivity index (χ3n) is 9.51. The fraction of sp³-hybridized carbons (Fsp3) is 0.769. The van der Waals surface area contributed by atoms with Gasteiger partial charge in [-0.15, -0.1) is 5.73 Å². The molecule has 0 aliphatic carbocycles. The quantitative estimate of drug-likeness (QED) is 0.0595. The highest BCUT2D eigenvalue weighted by Gasteiger charge is 2.36. The molecule has 2 unspecified atom stereocenters. The topological polar surface area (TPSA) is 26.7 Å². The Morgan fingerprint density at radius 1 is 0.952 bits per heavy atom. The van der Waals surface area contributed by atoms with Gasteiger partial charge < -0.3 is 14.9 Å². The van der Waals surface area contributed by atoms with E-state index in [2.05, 4.69) is 83.0 Å². The number of nitrogens with zero attached hydrogens (tertiary/aromatic N) is 2. The molecule has 1 rings (SSSR count). The van der Waals surface area contributed by atoms with Gasteiger partial charge in [0, 0.05) is 18.8 Å². The highest BCUT2D eigenvalue weighted by atomic mass is 16.3. The summed E-state index contributed by atoms with van der Waals surface area (Å²) in [5.74, 6) is 0.437. The molecule has 1 aliphatic heterocycles. The minimum absolute atomic E-state index is 0.0421. The van der Waals surface area contributed by atoms with Crippen molar-refractivity contribution < 1.29 is 5.11 Å². The Balaban J connectivity index is 3.28. The van der Waals surface area contributed by atoms with E-state index in [-0.39, 0.29) is 6.04 Å². The van der Waals surface area contributed by atoms with E-state index in [1.54, 1.807) is 6.08 Å². The van der Waals surface area contributed by atoms with Crippen molar-refractivity contribution >= 4 is 0 Å². The van der Waals surface area contributed by atoms with Crippen LogP contribution in [0, 0.1) is 5.92 Å². The summed E-state index contributed by atoms with van der Waals surface area (Å²) in [4.78, 5) is 5.14. The number of hydrogen-bond donors (Lipinski definition) is 1. The van der Waals surface area contributed by atoms with Crippen LogP contribution in [0.25, 0.3) is 0 Å². The van der Waals surface area contributed by atoms with Gasteiger partial charge in [0.1, 0.15) is 0 Å². The van der Waals surface area contributed by atoms with Crippen molar-refractivity contribution in [1.29, 1.82) is 0 Å². The Labute approximate surface area is 262 Å². The zero-order valence-electron chi connectivity index (χ0n) is 29.1. The van der Waals surface area contributed by atoms with E-state index in [9.17, 15) is 5.11 Å². The van der Waals surface area contributed by atoms with Crippen molar-refractivity contribution in [1.82, 2.24) is 9.80 Å². The van der Waals surface area contributed by atoms with Gasteiger partial charge in [-0.2, -0.15) is 0 Å². The smallest absolute Gasteiger partial charge is 0.0968 e. The Kier molecular flexibility index (Phi) is 21.9. The first-order chi connectivity index (χ1) is 20.3. The molecule has 0 saturated heterocycles. The van der Waals surface area contributed by atoms with Crippen LogP contribution in [0.15, 0.2) is 53.5 Å². The highest BCUT2D eigenvalue weighted by Crippen LogP contribution is 2.30. The molecule has 0 aromatic heterocycles. The fourth-order valence-corrected chi connectivity index (χ4v) is 6.37. The summed E-state index contributed by atoms with van der Waals surface area (Å²) in [6.45, 7) is 19.4. The van der Waals surface area contributed by atoms with Crippen LogP contribution in [0.4, 0.5) is 0 Å². The lowest BCUT2D eigenvalue weighted by atomic mass is 9.85. The predicted octanol–water partition coefficient (Wildman–Crippen LogP) is 10.8. The Hall–Kier alpha value is -1.54. The Bertz CT molecular complexity index is 831. The first-order valence-electron chi connectivity index (χ1n) is 17.8. The average Bonchev–Trinajstić information content (AvgIpc) is 2.96. The van der Waals surface area contributed by atoms with Crippen LogP contribution >= 0.6 is 0 Å². The molecule has 42 heavy (non-hydrogen) atoms. The van der Waals surface area contributed by atoms with Crippen LogP contribution in [0.5, 0.6) is 0 Å². The van der Waals surface area contributed by atoms with Gasteiger partial charge in [-0.25, -0.2) is 0 Å². The minimum atomic E-state index is -0.484. The van der Waals surface area contributed by atoms with Crippen molar-refractivity contribution in [3.63, 3.8) is 0 Å². The first kappa shape index (κ1) is 38.5. The van der Waals surface area contributed by atoms with Gasteiger partial charge in [-0.1, -0.05) is 123 Å². The summed E-state index contributed by atoms with van der Waals surface area (Å²) in [5.41, 5.74) is 7.10. The number of aliphatic hydroxyl groups excluding tert-OH is 1. The van der Waals surface area contributed by atoms with E-state index in [1.807, 2.05) is 6.08 Å². The molecule has 1 heterocycles. The zero-order valence-corrected chi connectivity index (χ0v) is 29.1. The van der Waals surface area contributed by atoms with Crippen LogP contribution in [-0.2, 0) is 0 Å².